The van der Waals surface area contributed by atoms with Gasteiger partial charge in [0.1, 0.15) is 5.69 Å². The van der Waals surface area contributed by atoms with Crippen molar-refractivity contribution in [3.8, 4) is 0 Å². The third-order valence-corrected chi connectivity index (χ3v) is 3.77. The van der Waals surface area contributed by atoms with Crippen molar-refractivity contribution in [2.45, 2.75) is 32.7 Å². The molecular formula is C15H24N4O. The summed E-state index contributed by atoms with van der Waals surface area (Å²) in [7, 11) is 0. The lowest BCUT2D eigenvalue weighted by molar-refractivity contribution is 0.0951. The van der Waals surface area contributed by atoms with E-state index in [-0.39, 0.29) is 5.91 Å². The van der Waals surface area contributed by atoms with Crippen LogP contribution in [0.3, 0.4) is 0 Å². The second-order valence-electron chi connectivity index (χ2n) is 5.33. The fraction of sp³-hybridized carbons (Fsp3) is 0.600. The molecule has 1 amide bonds. The van der Waals surface area contributed by atoms with Crippen molar-refractivity contribution < 1.29 is 4.79 Å². The summed E-state index contributed by atoms with van der Waals surface area (Å²) in [5.74, 6) is 0.507. The molecule has 5 heteroatoms. The van der Waals surface area contributed by atoms with Crippen LogP contribution in [0, 0.1) is 5.92 Å². The van der Waals surface area contributed by atoms with Gasteiger partial charge in [-0.3, -0.25) is 9.78 Å². The molecule has 2 heterocycles. The minimum Gasteiger partial charge on any atom is -0.382 e. The Balaban J connectivity index is 1.98. The molecule has 2 atom stereocenters. The van der Waals surface area contributed by atoms with Crippen LogP contribution in [0.15, 0.2) is 18.3 Å². The molecule has 0 bridgehead atoms. The highest BCUT2D eigenvalue weighted by Gasteiger charge is 2.19. The predicted octanol–water partition coefficient (Wildman–Crippen LogP) is 1.63. The Kier molecular flexibility index (Phi) is 5.35. The molecular weight excluding hydrogens is 252 g/mol. The molecule has 1 aliphatic heterocycles. The predicted molar refractivity (Wildman–Crippen MR) is 80.9 cm³/mol. The van der Waals surface area contributed by atoms with Gasteiger partial charge in [0.05, 0.1) is 0 Å². The number of nitrogens with one attached hydrogen (secondary N) is 3. The van der Waals surface area contributed by atoms with Gasteiger partial charge in [0.2, 0.25) is 0 Å². The number of rotatable bonds is 5. The smallest absolute Gasteiger partial charge is 0.269 e. The first-order valence-electron chi connectivity index (χ1n) is 7.42. The molecule has 2 unspecified atom stereocenters. The first-order valence-corrected chi connectivity index (χ1v) is 7.42. The van der Waals surface area contributed by atoms with Crippen LogP contribution in [-0.2, 0) is 0 Å². The Hall–Kier alpha value is -1.62. The highest BCUT2D eigenvalue weighted by atomic mass is 16.1. The molecule has 0 saturated carbocycles. The van der Waals surface area contributed by atoms with Crippen LogP contribution in [0.25, 0.3) is 0 Å². The van der Waals surface area contributed by atoms with E-state index >= 15 is 0 Å². The van der Waals surface area contributed by atoms with Crippen molar-refractivity contribution in [2.24, 2.45) is 5.92 Å². The molecule has 0 aromatic carbocycles. The number of amides is 1. The van der Waals surface area contributed by atoms with Crippen molar-refractivity contribution in [1.82, 2.24) is 15.6 Å². The van der Waals surface area contributed by atoms with Gasteiger partial charge in [0.25, 0.3) is 5.91 Å². The summed E-state index contributed by atoms with van der Waals surface area (Å²) in [5.41, 5.74) is 1.42. The normalized spacial score (nSPS) is 20.2. The zero-order chi connectivity index (χ0) is 14.4. The molecule has 1 aromatic rings. The van der Waals surface area contributed by atoms with Crippen LogP contribution in [-0.4, -0.2) is 36.6 Å². The Bertz CT molecular complexity index is 443. The van der Waals surface area contributed by atoms with Crippen LogP contribution in [0.4, 0.5) is 5.69 Å². The highest BCUT2D eigenvalue weighted by molar-refractivity contribution is 5.93. The van der Waals surface area contributed by atoms with E-state index < -0.39 is 0 Å². The quantitative estimate of drug-likeness (QED) is 0.765. The molecule has 110 valence electrons. The third kappa shape index (κ3) is 3.93. The molecule has 5 nitrogen and oxygen atoms in total. The first kappa shape index (κ1) is 14.8. The van der Waals surface area contributed by atoms with Crippen LogP contribution >= 0.6 is 0 Å². The van der Waals surface area contributed by atoms with Gasteiger partial charge in [0, 0.05) is 24.5 Å². The summed E-state index contributed by atoms with van der Waals surface area (Å²) in [5, 5.41) is 9.69. The van der Waals surface area contributed by atoms with E-state index in [1.165, 1.54) is 12.8 Å². The molecule has 1 aromatic heterocycles. The van der Waals surface area contributed by atoms with Crippen LogP contribution in [0.1, 0.15) is 37.2 Å². The van der Waals surface area contributed by atoms with Crippen molar-refractivity contribution in [3.05, 3.63) is 24.0 Å². The van der Waals surface area contributed by atoms with E-state index in [1.807, 2.05) is 19.1 Å². The summed E-state index contributed by atoms with van der Waals surface area (Å²) in [6.45, 7) is 6.90. The van der Waals surface area contributed by atoms with E-state index in [9.17, 15) is 4.79 Å². The van der Waals surface area contributed by atoms with Crippen molar-refractivity contribution in [1.29, 1.82) is 0 Å². The molecule has 1 fully saturated rings. The fourth-order valence-corrected chi connectivity index (χ4v) is 2.58. The van der Waals surface area contributed by atoms with Crippen LogP contribution < -0.4 is 16.0 Å². The Labute approximate surface area is 120 Å². The maximum atomic E-state index is 11.8. The fourth-order valence-electron chi connectivity index (χ4n) is 2.58. The van der Waals surface area contributed by atoms with E-state index in [0.29, 0.717) is 24.2 Å². The zero-order valence-electron chi connectivity index (χ0n) is 12.3. The standard InChI is InChI=1S/C15H24N4O/c1-3-17-15(20)14-9-13(6-8-18-14)19-11(2)12-5-4-7-16-10-12/h6,8-9,11-12,16H,3-5,7,10H2,1-2H3,(H,17,20)(H,18,19). The lowest BCUT2D eigenvalue weighted by atomic mass is 9.92. The third-order valence-electron chi connectivity index (χ3n) is 3.77. The van der Waals surface area contributed by atoms with Gasteiger partial charge < -0.3 is 16.0 Å². The lowest BCUT2D eigenvalue weighted by Gasteiger charge is -2.29. The monoisotopic (exact) mass is 276 g/mol. The summed E-state index contributed by atoms with van der Waals surface area (Å²) >= 11 is 0. The molecule has 0 radical (unpaired) electrons. The Morgan fingerprint density at radius 3 is 3.15 bits per heavy atom. The minimum atomic E-state index is -0.122. The first-order chi connectivity index (χ1) is 9.70. The summed E-state index contributed by atoms with van der Waals surface area (Å²) in [4.78, 5) is 15.9. The van der Waals surface area contributed by atoms with Crippen LogP contribution in [0.2, 0.25) is 0 Å². The number of piperidine rings is 1. The molecule has 0 aliphatic carbocycles. The van der Waals surface area contributed by atoms with Crippen LogP contribution in [0.5, 0.6) is 0 Å². The molecule has 3 N–H and O–H groups in total. The number of carbonyl (C=O) groups is 1. The summed E-state index contributed by atoms with van der Waals surface area (Å²) in [6.07, 6.45) is 4.16. The highest BCUT2D eigenvalue weighted by Crippen LogP contribution is 2.18. The Morgan fingerprint density at radius 1 is 1.60 bits per heavy atom. The Morgan fingerprint density at radius 2 is 2.45 bits per heavy atom. The second-order valence-corrected chi connectivity index (χ2v) is 5.33. The molecule has 0 spiro atoms. The SMILES string of the molecule is CCNC(=O)c1cc(NC(C)C2CCCNC2)ccn1. The summed E-state index contributed by atoms with van der Waals surface area (Å²) < 4.78 is 0. The van der Waals surface area contributed by atoms with Gasteiger partial charge in [-0.15, -0.1) is 0 Å². The number of aromatic nitrogens is 1. The van der Waals surface area contributed by atoms with Gasteiger partial charge in [-0.1, -0.05) is 0 Å². The van der Waals surface area contributed by atoms with Gasteiger partial charge in [-0.25, -0.2) is 0 Å². The lowest BCUT2D eigenvalue weighted by Crippen LogP contribution is -2.38. The van der Waals surface area contributed by atoms with Gasteiger partial charge >= 0.3 is 0 Å². The largest absolute Gasteiger partial charge is 0.382 e. The van der Waals surface area contributed by atoms with Crippen molar-refractivity contribution >= 4 is 11.6 Å². The number of anilines is 1. The maximum absolute atomic E-state index is 11.8. The number of hydrogen-bond donors (Lipinski definition) is 3. The molecule has 1 aliphatic rings. The number of carbonyl (C=O) groups excluding carboxylic acids is 1. The average molecular weight is 276 g/mol. The number of hydrogen-bond acceptors (Lipinski definition) is 4. The maximum Gasteiger partial charge on any atom is 0.269 e. The average Bonchev–Trinajstić information content (AvgIpc) is 2.48. The van der Waals surface area contributed by atoms with Gasteiger partial charge in [-0.2, -0.15) is 0 Å². The van der Waals surface area contributed by atoms with Gasteiger partial charge in [0.15, 0.2) is 0 Å². The number of pyridine rings is 1. The van der Waals surface area contributed by atoms with E-state index in [1.54, 1.807) is 6.20 Å². The molecule has 1 saturated heterocycles. The van der Waals surface area contributed by atoms with Gasteiger partial charge in [-0.05, 0) is 57.8 Å². The molecule has 20 heavy (non-hydrogen) atoms. The van der Waals surface area contributed by atoms with Crippen molar-refractivity contribution in [3.63, 3.8) is 0 Å². The van der Waals surface area contributed by atoms with Crippen molar-refractivity contribution in [2.75, 3.05) is 25.0 Å². The van der Waals surface area contributed by atoms with E-state index in [0.717, 1.165) is 18.8 Å². The zero-order valence-corrected chi connectivity index (χ0v) is 12.3. The number of nitrogens with zero attached hydrogens (tertiary/aromatic N) is 1. The van der Waals surface area contributed by atoms with E-state index in [4.69, 9.17) is 0 Å². The topological polar surface area (TPSA) is 66.1 Å². The second kappa shape index (κ2) is 7.24. The minimum absolute atomic E-state index is 0.122. The molecule has 2 rings (SSSR count). The summed E-state index contributed by atoms with van der Waals surface area (Å²) in [6, 6.07) is 4.11. The van der Waals surface area contributed by atoms with E-state index in [2.05, 4.69) is 27.9 Å².